The first kappa shape index (κ1) is 19.2. The summed E-state index contributed by atoms with van der Waals surface area (Å²) in [6, 6.07) is 15.4. The number of rotatable bonds is 7. The van der Waals surface area contributed by atoms with Crippen LogP contribution in [0, 0.1) is 0 Å². The number of likely N-dealkylation sites (N-methyl/N-ethyl adjacent to an activating group) is 1. The molecule has 1 fully saturated rings. The summed E-state index contributed by atoms with van der Waals surface area (Å²) < 4.78 is 5.55. The number of carbonyl (C=O) groups excluding carboxylic acids is 1. The number of anilines is 2. The minimum atomic E-state index is -0.110. The molecule has 1 N–H and O–H groups in total. The molecule has 2 aromatic carbocycles. The average molecular weight is 367 g/mol. The molecule has 1 heterocycles. The first-order valence-electron chi connectivity index (χ1n) is 9.81. The fourth-order valence-electron chi connectivity index (χ4n) is 3.20. The van der Waals surface area contributed by atoms with E-state index in [1.807, 2.05) is 24.3 Å². The molecule has 0 atom stereocenters. The van der Waals surface area contributed by atoms with Crippen LogP contribution in [0.3, 0.4) is 0 Å². The van der Waals surface area contributed by atoms with Crippen molar-refractivity contribution in [3.05, 3.63) is 54.1 Å². The summed E-state index contributed by atoms with van der Waals surface area (Å²) >= 11 is 0. The van der Waals surface area contributed by atoms with E-state index >= 15 is 0 Å². The van der Waals surface area contributed by atoms with Gasteiger partial charge in [0.2, 0.25) is 0 Å². The van der Waals surface area contributed by atoms with Crippen molar-refractivity contribution >= 4 is 17.3 Å². The number of piperazine rings is 1. The van der Waals surface area contributed by atoms with Gasteiger partial charge in [0.05, 0.1) is 6.61 Å². The van der Waals surface area contributed by atoms with Crippen LogP contribution in [0.1, 0.15) is 30.6 Å². The zero-order valence-corrected chi connectivity index (χ0v) is 16.3. The number of hydrogen-bond acceptors (Lipinski definition) is 4. The van der Waals surface area contributed by atoms with Crippen molar-refractivity contribution in [3.63, 3.8) is 0 Å². The van der Waals surface area contributed by atoms with Gasteiger partial charge in [0, 0.05) is 43.1 Å². The molecule has 0 unspecified atom stereocenters. The van der Waals surface area contributed by atoms with Crippen molar-refractivity contribution in [1.82, 2.24) is 4.90 Å². The third kappa shape index (κ3) is 5.23. The second kappa shape index (κ2) is 9.42. The summed E-state index contributed by atoms with van der Waals surface area (Å²) in [5, 5.41) is 2.96. The van der Waals surface area contributed by atoms with Gasteiger partial charge in [0.1, 0.15) is 5.75 Å². The lowest BCUT2D eigenvalue weighted by Gasteiger charge is -2.35. The second-order valence-corrected chi connectivity index (χ2v) is 6.80. The molecule has 0 spiro atoms. The van der Waals surface area contributed by atoms with Crippen LogP contribution in [-0.4, -0.2) is 50.1 Å². The number of hydrogen-bond donors (Lipinski definition) is 1. The minimum absolute atomic E-state index is 0.110. The third-order valence-electron chi connectivity index (χ3n) is 4.90. The van der Waals surface area contributed by atoms with Crippen LogP contribution in [0.15, 0.2) is 48.5 Å². The Labute approximate surface area is 161 Å². The molecule has 0 radical (unpaired) electrons. The van der Waals surface area contributed by atoms with Crippen LogP contribution in [-0.2, 0) is 0 Å². The standard InChI is InChI=1S/C22H29N3O2/c1-3-17-27-21-11-5-18(6-12-21)22(26)23-19-7-9-20(10-8-19)25-15-13-24(4-2)14-16-25/h5-12H,3-4,13-17H2,1-2H3,(H,23,26). The van der Waals surface area contributed by atoms with Gasteiger partial charge in [-0.25, -0.2) is 0 Å². The molecule has 1 aliphatic rings. The van der Waals surface area contributed by atoms with Gasteiger partial charge < -0.3 is 19.9 Å². The van der Waals surface area contributed by atoms with Gasteiger partial charge in [-0.15, -0.1) is 0 Å². The van der Waals surface area contributed by atoms with Crippen molar-refractivity contribution in [3.8, 4) is 5.75 Å². The van der Waals surface area contributed by atoms with Crippen LogP contribution in [0.25, 0.3) is 0 Å². The maximum absolute atomic E-state index is 12.4. The lowest BCUT2D eigenvalue weighted by atomic mass is 10.2. The summed E-state index contributed by atoms with van der Waals surface area (Å²) in [5.74, 6) is 0.683. The van der Waals surface area contributed by atoms with Crippen molar-refractivity contribution in [2.75, 3.05) is 49.5 Å². The fraction of sp³-hybridized carbons (Fsp3) is 0.409. The van der Waals surface area contributed by atoms with E-state index in [-0.39, 0.29) is 5.91 Å². The Kier molecular flexibility index (Phi) is 6.71. The molecule has 2 aromatic rings. The van der Waals surface area contributed by atoms with E-state index in [0.29, 0.717) is 12.2 Å². The topological polar surface area (TPSA) is 44.8 Å². The van der Waals surface area contributed by atoms with Crippen LogP contribution < -0.4 is 15.0 Å². The molecule has 0 saturated carbocycles. The van der Waals surface area contributed by atoms with Crippen LogP contribution >= 0.6 is 0 Å². The predicted molar refractivity (Wildman–Crippen MR) is 111 cm³/mol. The Morgan fingerprint density at radius 3 is 2.22 bits per heavy atom. The van der Waals surface area contributed by atoms with Crippen LogP contribution in [0.5, 0.6) is 5.75 Å². The van der Waals surface area contributed by atoms with Gasteiger partial charge in [-0.1, -0.05) is 13.8 Å². The number of amides is 1. The van der Waals surface area contributed by atoms with E-state index in [0.717, 1.165) is 50.6 Å². The van der Waals surface area contributed by atoms with E-state index in [2.05, 4.69) is 41.1 Å². The Morgan fingerprint density at radius 1 is 0.963 bits per heavy atom. The highest BCUT2D eigenvalue weighted by molar-refractivity contribution is 6.04. The fourth-order valence-corrected chi connectivity index (χ4v) is 3.20. The van der Waals surface area contributed by atoms with Gasteiger partial charge in [0.15, 0.2) is 0 Å². The van der Waals surface area contributed by atoms with Crippen LogP contribution in [0.2, 0.25) is 0 Å². The van der Waals surface area contributed by atoms with Crippen molar-refractivity contribution in [2.24, 2.45) is 0 Å². The smallest absolute Gasteiger partial charge is 0.255 e. The van der Waals surface area contributed by atoms with Gasteiger partial charge >= 0.3 is 0 Å². The van der Waals surface area contributed by atoms with Crippen molar-refractivity contribution in [1.29, 1.82) is 0 Å². The van der Waals surface area contributed by atoms with Gasteiger partial charge in [-0.3, -0.25) is 4.79 Å². The quantitative estimate of drug-likeness (QED) is 0.807. The first-order chi connectivity index (χ1) is 13.2. The van der Waals surface area contributed by atoms with Gasteiger partial charge in [-0.2, -0.15) is 0 Å². The summed E-state index contributed by atoms with van der Waals surface area (Å²) in [7, 11) is 0. The maximum atomic E-state index is 12.4. The zero-order chi connectivity index (χ0) is 19.1. The third-order valence-corrected chi connectivity index (χ3v) is 4.90. The lowest BCUT2D eigenvalue weighted by Crippen LogP contribution is -2.46. The largest absolute Gasteiger partial charge is 0.494 e. The minimum Gasteiger partial charge on any atom is -0.494 e. The molecule has 5 nitrogen and oxygen atoms in total. The maximum Gasteiger partial charge on any atom is 0.255 e. The average Bonchev–Trinajstić information content (AvgIpc) is 2.73. The van der Waals surface area contributed by atoms with E-state index in [1.165, 1.54) is 5.69 Å². The van der Waals surface area contributed by atoms with E-state index < -0.39 is 0 Å². The summed E-state index contributed by atoms with van der Waals surface area (Å²) in [4.78, 5) is 17.3. The SMILES string of the molecule is CCCOc1ccc(C(=O)Nc2ccc(N3CCN(CC)CC3)cc2)cc1. The van der Waals surface area contributed by atoms with Crippen LogP contribution in [0.4, 0.5) is 11.4 Å². The normalized spacial score (nSPS) is 14.8. The molecular weight excluding hydrogens is 338 g/mol. The Bertz CT molecular complexity index is 720. The molecule has 144 valence electrons. The molecule has 3 rings (SSSR count). The molecule has 1 saturated heterocycles. The molecule has 0 aromatic heterocycles. The molecule has 27 heavy (non-hydrogen) atoms. The van der Waals surface area contributed by atoms with E-state index in [1.54, 1.807) is 12.1 Å². The Morgan fingerprint density at radius 2 is 1.63 bits per heavy atom. The van der Waals surface area contributed by atoms with Crippen molar-refractivity contribution < 1.29 is 9.53 Å². The number of carbonyl (C=O) groups is 1. The van der Waals surface area contributed by atoms with Gasteiger partial charge in [0.25, 0.3) is 5.91 Å². The highest BCUT2D eigenvalue weighted by Crippen LogP contribution is 2.20. The lowest BCUT2D eigenvalue weighted by molar-refractivity contribution is 0.102. The molecule has 0 aliphatic carbocycles. The summed E-state index contributed by atoms with van der Waals surface area (Å²) in [6.07, 6.45) is 0.965. The Hall–Kier alpha value is -2.53. The number of nitrogens with one attached hydrogen (secondary N) is 1. The summed E-state index contributed by atoms with van der Waals surface area (Å²) in [5.41, 5.74) is 2.64. The van der Waals surface area contributed by atoms with E-state index in [4.69, 9.17) is 4.74 Å². The van der Waals surface area contributed by atoms with Crippen molar-refractivity contribution in [2.45, 2.75) is 20.3 Å². The summed E-state index contributed by atoms with van der Waals surface area (Å²) in [6.45, 7) is 10.4. The second-order valence-electron chi connectivity index (χ2n) is 6.80. The number of benzene rings is 2. The molecule has 1 amide bonds. The zero-order valence-electron chi connectivity index (χ0n) is 16.3. The number of nitrogens with zero attached hydrogens (tertiary/aromatic N) is 2. The molecule has 0 bridgehead atoms. The molecule has 5 heteroatoms. The molecular formula is C22H29N3O2. The highest BCUT2D eigenvalue weighted by Gasteiger charge is 2.15. The molecule has 1 aliphatic heterocycles. The predicted octanol–water partition coefficient (Wildman–Crippen LogP) is 3.87. The number of ether oxygens (including phenoxy) is 1. The highest BCUT2D eigenvalue weighted by atomic mass is 16.5. The van der Waals surface area contributed by atoms with E-state index in [9.17, 15) is 4.79 Å². The van der Waals surface area contributed by atoms with Gasteiger partial charge in [-0.05, 0) is 61.5 Å². The monoisotopic (exact) mass is 367 g/mol. The first-order valence-corrected chi connectivity index (χ1v) is 9.81. The Balaban J connectivity index is 1.55.